The maximum absolute atomic E-state index is 10.6. The molecule has 2 aromatic rings. The van der Waals surface area contributed by atoms with Crippen molar-refractivity contribution in [1.82, 2.24) is 4.98 Å². The third kappa shape index (κ3) is 2.62. The van der Waals surface area contributed by atoms with Crippen LogP contribution in [-0.2, 0) is 11.2 Å². The first-order chi connectivity index (χ1) is 9.60. The van der Waals surface area contributed by atoms with E-state index in [4.69, 9.17) is 19.3 Å². The molecule has 0 saturated heterocycles. The van der Waals surface area contributed by atoms with Crippen LogP contribution in [0.3, 0.4) is 0 Å². The van der Waals surface area contributed by atoms with Gasteiger partial charge >= 0.3 is 5.97 Å². The Morgan fingerprint density at radius 2 is 1.95 bits per heavy atom. The van der Waals surface area contributed by atoms with Gasteiger partial charge in [-0.3, -0.25) is 4.79 Å². The summed E-state index contributed by atoms with van der Waals surface area (Å²) in [4.78, 5) is 15.0. The van der Waals surface area contributed by atoms with Gasteiger partial charge in [0.15, 0.2) is 11.5 Å². The number of hydrogen-bond acceptors (Lipinski definition) is 6. The van der Waals surface area contributed by atoms with E-state index in [2.05, 4.69) is 4.98 Å². The van der Waals surface area contributed by atoms with E-state index < -0.39 is 5.97 Å². The van der Waals surface area contributed by atoms with E-state index in [1.54, 1.807) is 27.4 Å². The minimum absolute atomic E-state index is 0.0520. The van der Waals surface area contributed by atoms with Gasteiger partial charge in [-0.05, 0) is 0 Å². The van der Waals surface area contributed by atoms with Gasteiger partial charge in [0.05, 0.1) is 38.3 Å². The topological polar surface area (TPSA) is 77.9 Å². The summed E-state index contributed by atoms with van der Waals surface area (Å²) in [5.74, 6) is 0.759. The van der Waals surface area contributed by atoms with Crippen molar-refractivity contribution in [2.75, 3.05) is 21.3 Å². The molecular formula is C13H15NO5S. The number of aliphatic carboxylic acids is 1. The Balaban J connectivity index is 2.52. The molecule has 20 heavy (non-hydrogen) atoms. The molecule has 7 heteroatoms. The normalized spacial score (nSPS) is 10.6. The Morgan fingerprint density at radius 1 is 1.25 bits per heavy atom. The number of aromatic nitrogens is 1. The Bertz CT molecular complexity index is 637. The highest BCUT2D eigenvalue weighted by molar-refractivity contribution is 7.19. The molecule has 0 radical (unpaired) electrons. The fraction of sp³-hybridized carbons (Fsp3) is 0.385. The van der Waals surface area contributed by atoms with E-state index in [0.717, 1.165) is 9.71 Å². The average molecular weight is 297 g/mol. The zero-order valence-corrected chi connectivity index (χ0v) is 12.2. The van der Waals surface area contributed by atoms with Gasteiger partial charge in [-0.1, -0.05) is 0 Å². The SMILES string of the molecule is COc1cc2nc(CCC(=O)O)sc2c(OC)c1OC. The van der Waals surface area contributed by atoms with Gasteiger partial charge in [0, 0.05) is 12.5 Å². The number of nitrogens with zero attached hydrogens (tertiary/aromatic N) is 1. The van der Waals surface area contributed by atoms with E-state index >= 15 is 0 Å². The second-order valence-electron chi connectivity index (χ2n) is 3.99. The summed E-state index contributed by atoms with van der Waals surface area (Å²) >= 11 is 1.40. The summed E-state index contributed by atoms with van der Waals surface area (Å²) < 4.78 is 16.8. The van der Waals surface area contributed by atoms with Gasteiger partial charge in [0.25, 0.3) is 0 Å². The summed E-state index contributed by atoms with van der Waals surface area (Å²) in [6, 6.07) is 1.76. The smallest absolute Gasteiger partial charge is 0.303 e. The largest absolute Gasteiger partial charge is 0.493 e. The van der Waals surface area contributed by atoms with Crippen LogP contribution in [-0.4, -0.2) is 37.4 Å². The molecule has 1 heterocycles. The van der Waals surface area contributed by atoms with Crippen LogP contribution in [0.15, 0.2) is 6.07 Å². The molecule has 0 unspecified atom stereocenters. The lowest BCUT2D eigenvalue weighted by Crippen LogP contribution is -1.96. The number of aryl methyl sites for hydroxylation is 1. The quantitative estimate of drug-likeness (QED) is 0.881. The van der Waals surface area contributed by atoms with Crippen LogP contribution in [0, 0.1) is 0 Å². The molecule has 0 saturated carbocycles. The van der Waals surface area contributed by atoms with Gasteiger partial charge in [-0.25, -0.2) is 4.98 Å². The molecule has 0 aliphatic heterocycles. The number of carboxylic acid groups (broad SMARTS) is 1. The van der Waals surface area contributed by atoms with Crippen molar-refractivity contribution in [2.24, 2.45) is 0 Å². The number of methoxy groups -OCH3 is 3. The second-order valence-corrected chi connectivity index (χ2v) is 5.08. The monoisotopic (exact) mass is 297 g/mol. The molecule has 0 atom stereocenters. The summed E-state index contributed by atoms with van der Waals surface area (Å²) in [6.07, 6.45) is 0.443. The minimum atomic E-state index is -0.841. The lowest BCUT2D eigenvalue weighted by Gasteiger charge is -2.11. The molecule has 1 aromatic carbocycles. The molecule has 0 bridgehead atoms. The van der Waals surface area contributed by atoms with Crippen molar-refractivity contribution in [3.63, 3.8) is 0 Å². The molecule has 1 N–H and O–H groups in total. The fourth-order valence-corrected chi connectivity index (χ4v) is 2.96. The lowest BCUT2D eigenvalue weighted by molar-refractivity contribution is -0.136. The third-order valence-corrected chi connectivity index (χ3v) is 3.91. The molecule has 108 valence electrons. The predicted octanol–water partition coefficient (Wildman–Crippen LogP) is 2.34. The molecule has 1 aromatic heterocycles. The Hall–Kier alpha value is -2.02. The van der Waals surface area contributed by atoms with Crippen molar-refractivity contribution >= 4 is 27.5 Å². The Morgan fingerprint density at radius 3 is 2.50 bits per heavy atom. The van der Waals surface area contributed by atoms with Crippen LogP contribution < -0.4 is 14.2 Å². The molecule has 0 aliphatic carbocycles. The number of fused-ring (bicyclic) bond motifs is 1. The Labute approximate surface area is 119 Å². The summed E-state index contributed by atoms with van der Waals surface area (Å²) in [5, 5.41) is 9.47. The van der Waals surface area contributed by atoms with E-state index in [0.29, 0.717) is 29.2 Å². The highest BCUT2D eigenvalue weighted by Gasteiger charge is 2.19. The summed E-state index contributed by atoms with van der Waals surface area (Å²) in [5.41, 5.74) is 0.713. The zero-order chi connectivity index (χ0) is 14.7. The number of thiazole rings is 1. The predicted molar refractivity (Wildman–Crippen MR) is 75.2 cm³/mol. The number of rotatable bonds is 6. The number of benzene rings is 1. The first-order valence-corrected chi connectivity index (χ1v) is 6.72. The number of ether oxygens (including phenoxy) is 3. The van der Waals surface area contributed by atoms with Gasteiger partial charge in [0.2, 0.25) is 5.75 Å². The summed E-state index contributed by atoms with van der Waals surface area (Å²) in [6.45, 7) is 0. The van der Waals surface area contributed by atoms with Gasteiger partial charge in [-0.15, -0.1) is 11.3 Å². The molecule has 6 nitrogen and oxygen atoms in total. The summed E-state index contributed by atoms with van der Waals surface area (Å²) in [7, 11) is 4.63. The maximum atomic E-state index is 10.6. The van der Waals surface area contributed by atoms with Crippen LogP contribution in [0.4, 0.5) is 0 Å². The first kappa shape index (κ1) is 14.4. The van der Waals surface area contributed by atoms with Crippen LogP contribution in [0.2, 0.25) is 0 Å². The highest BCUT2D eigenvalue weighted by atomic mass is 32.1. The van der Waals surface area contributed by atoms with Crippen LogP contribution in [0.1, 0.15) is 11.4 Å². The number of carboxylic acids is 1. The van der Waals surface area contributed by atoms with E-state index in [1.165, 1.54) is 11.3 Å². The highest BCUT2D eigenvalue weighted by Crippen LogP contribution is 2.45. The van der Waals surface area contributed by atoms with E-state index in [-0.39, 0.29) is 6.42 Å². The van der Waals surface area contributed by atoms with E-state index in [9.17, 15) is 4.79 Å². The minimum Gasteiger partial charge on any atom is -0.493 e. The third-order valence-electron chi connectivity index (χ3n) is 2.78. The van der Waals surface area contributed by atoms with Crippen LogP contribution in [0.5, 0.6) is 17.2 Å². The van der Waals surface area contributed by atoms with Crippen molar-refractivity contribution in [2.45, 2.75) is 12.8 Å². The molecule has 0 spiro atoms. The van der Waals surface area contributed by atoms with E-state index in [1.807, 2.05) is 0 Å². The maximum Gasteiger partial charge on any atom is 0.303 e. The molecule has 0 aliphatic rings. The number of hydrogen-bond donors (Lipinski definition) is 1. The molecule has 2 rings (SSSR count). The molecule has 0 amide bonds. The van der Waals surface area contributed by atoms with Crippen molar-refractivity contribution in [1.29, 1.82) is 0 Å². The van der Waals surface area contributed by atoms with Crippen molar-refractivity contribution in [3.8, 4) is 17.2 Å². The first-order valence-electron chi connectivity index (χ1n) is 5.90. The van der Waals surface area contributed by atoms with Gasteiger partial charge in [-0.2, -0.15) is 0 Å². The van der Waals surface area contributed by atoms with Crippen LogP contribution in [0.25, 0.3) is 10.2 Å². The van der Waals surface area contributed by atoms with Crippen molar-refractivity contribution < 1.29 is 24.1 Å². The average Bonchev–Trinajstić information content (AvgIpc) is 2.85. The van der Waals surface area contributed by atoms with Crippen molar-refractivity contribution in [3.05, 3.63) is 11.1 Å². The number of carbonyl (C=O) groups is 1. The lowest BCUT2D eigenvalue weighted by atomic mass is 10.2. The van der Waals surface area contributed by atoms with Gasteiger partial charge in [0.1, 0.15) is 4.70 Å². The standard InChI is InChI=1S/C13H15NO5S/c1-17-8-6-7-13(12(19-3)11(8)18-2)20-9(14-7)4-5-10(15)16/h6H,4-5H2,1-3H3,(H,15,16). The Kier molecular flexibility index (Phi) is 4.29. The fourth-order valence-electron chi connectivity index (χ4n) is 1.89. The zero-order valence-electron chi connectivity index (χ0n) is 11.4. The van der Waals surface area contributed by atoms with Gasteiger partial charge < -0.3 is 19.3 Å². The second kappa shape index (κ2) is 5.96. The molecule has 0 fully saturated rings. The van der Waals surface area contributed by atoms with Crippen LogP contribution >= 0.6 is 11.3 Å². The molecular weight excluding hydrogens is 282 g/mol.